The van der Waals surface area contributed by atoms with Gasteiger partial charge in [0.2, 0.25) is 5.95 Å². The van der Waals surface area contributed by atoms with E-state index in [0.717, 1.165) is 31.9 Å². The molecule has 102 valence electrons. The van der Waals surface area contributed by atoms with Crippen molar-refractivity contribution >= 4 is 5.95 Å². The molecule has 0 unspecified atom stereocenters. The fourth-order valence-corrected chi connectivity index (χ4v) is 1.94. The van der Waals surface area contributed by atoms with E-state index in [1.54, 1.807) is 0 Å². The third-order valence-corrected chi connectivity index (χ3v) is 3.05. The largest absolute Gasteiger partial charge is 0.341 e. The highest BCUT2D eigenvalue weighted by molar-refractivity contribution is 5.30. The molecule has 0 aliphatic carbocycles. The van der Waals surface area contributed by atoms with Gasteiger partial charge in [-0.3, -0.25) is 0 Å². The van der Waals surface area contributed by atoms with E-state index in [9.17, 15) is 0 Å². The van der Waals surface area contributed by atoms with Gasteiger partial charge in [0, 0.05) is 25.0 Å². The topological polar surface area (TPSA) is 29.0 Å². The van der Waals surface area contributed by atoms with Crippen molar-refractivity contribution in [2.24, 2.45) is 0 Å². The van der Waals surface area contributed by atoms with Crippen LogP contribution in [-0.2, 0) is 6.42 Å². The summed E-state index contributed by atoms with van der Waals surface area (Å²) >= 11 is 0. The van der Waals surface area contributed by atoms with Crippen molar-refractivity contribution in [3.63, 3.8) is 0 Å². The maximum absolute atomic E-state index is 4.68. The Hall–Kier alpha value is -1.12. The van der Waals surface area contributed by atoms with Gasteiger partial charge in [0.1, 0.15) is 0 Å². The molecule has 1 aromatic rings. The predicted octanol–water partition coefficient (Wildman–Crippen LogP) is 3.84. The summed E-state index contributed by atoms with van der Waals surface area (Å²) in [7, 11) is 0. The fourth-order valence-electron chi connectivity index (χ4n) is 1.94. The van der Waals surface area contributed by atoms with Crippen LogP contribution in [0.2, 0.25) is 0 Å². The van der Waals surface area contributed by atoms with Crippen molar-refractivity contribution in [1.29, 1.82) is 0 Å². The second kappa shape index (κ2) is 8.90. The predicted molar refractivity (Wildman–Crippen MR) is 78.1 cm³/mol. The van der Waals surface area contributed by atoms with Gasteiger partial charge in [0.25, 0.3) is 0 Å². The number of unbranched alkanes of at least 4 members (excludes halogenated alkanes) is 2. The molecule has 0 aromatic carbocycles. The van der Waals surface area contributed by atoms with E-state index in [1.165, 1.54) is 31.4 Å². The summed E-state index contributed by atoms with van der Waals surface area (Å²) in [5.74, 6) is 0.919. The first kappa shape index (κ1) is 14.9. The minimum absolute atomic E-state index is 0.919. The molecule has 0 saturated heterocycles. The van der Waals surface area contributed by atoms with Gasteiger partial charge in [-0.2, -0.15) is 0 Å². The van der Waals surface area contributed by atoms with Gasteiger partial charge >= 0.3 is 0 Å². The van der Waals surface area contributed by atoms with Gasteiger partial charge < -0.3 is 4.90 Å². The lowest BCUT2D eigenvalue weighted by Gasteiger charge is -2.22. The minimum atomic E-state index is 0.919. The summed E-state index contributed by atoms with van der Waals surface area (Å²) in [5, 5.41) is 0. The Balaban J connectivity index is 2.72. The summed E-state index contributed by atoms with van der Waals surface area (Å²) in [6, 6.07) is 2.03. The minimum Gasteiger partial charge on any atom is -0.341 e. The van der Waals surface area contributed by atoms with E-state index >= 15 is 0 Å². The first-order chi connectivity index (χ1) is 8.81. The van der Waals surface area contributed by atoms with E-state index in [2.05, 4.69) is 35.6 Å². The Morgan fingerprint density at radius 2 is 1.67 bits per heavy atom. The molecular formula is C15H27N3. The van der Waals surface area contributed by atoms with Crippen LogP contribution in [0.3, 0.4) is 0 Å². The van der Waals surface area contributed by atoms with Crippen molar-refractivity contribution in [2.45, 2.75) is 59.3 Å². The van der Waals surface area contributed by atoms with Crippen LogP contribution in [0.4, 0.5) is 5.95 Å². The lowest BCUT2D eigenvalue weighted by molar-refractivity contribution is 0.660. The molecule has 0 aliphatic rings. The number of nitrogens with zero attached hydrogens (tertiary/aromatic N) is 3. The first-order valence-electron chi connectivity index (χ1n) is 7.38. The molecule has 0 bridgehead atoms. The molecule has 0 spiro atoms. The molecule has 0 fully saturated rings. The highest BCUT2D eigenvalue weighted by Gasteiger charge is 2.08. The Morgan fingerprint density at radius 3 is 2.22 bits per heavy atom. The van der Waals surface area contributed by atoms with Gasteiger partial charge in [-0.15, -0.1) is 0 Å². The van der Waals surface area contributed by atoms with Gasteiger partial charge in [-0.05, 0) is 25.3 Å². The fraction of sp³-hybridized carbons (Fsp3) is 0.733. The van der Waals surface area contributed by atoms with Gasteiger partial charge in [0.15, 0.2) is 0 Å². The average molecular weight is 249 g/mol. The van der Waals surface area contributed by atoms with E-state index in [0.29, 0.717) is 0 Å². The molecule has 0 N–H and O–H groups in total. The number of hydrogen-bond acceptors (Lipinski definition) is 3. The first-order valence-corrected chi connectivity index (χ1v) is 7.38. The second-order valence-electron chi connectivity index (χ2n) is 4.79. The maximum Gasteiger partial charge on any atom is 0.225 e. The normalized spacial score (nSPS) is 10.6. The SMILES string of the molecule is CCCCN(CCCC)c1nccc(CCC)n1. The highest BCUT2D eigenvalue weighted by Crippen LogP contribution is 2.11. The molecule has 3 nitrogen and oxygen atoms in total. The van der Waals surface area contributed by atoms with Crippen molar-refractivity contribution in [2.75, 3.05) is 18.0 Å². The lowest BCUT2D eigenvalue weighted by Crippen LogP contribution is -2.27. The Labute approximate surface area is 112 Å². The van der Waals surface area contributed by atoms with Crippen molar-refractivity contribution < 1.29 is 0 Å². The molecule has 0 atom stereocenters. The standard InChI is InChI=1S/C15H27N3/c1-4-7-12-18(13-8-5-2)15-16-11-10-14(17-15)9-6-3/h10-11H,4-9,12-13H2,1-3H3. The van der Waals surface area contributed by atoms with Crippen molar-refractivity contribution in [3.8, 4) is 0 Å². The summed E-state index contributed by atoms with van der Waals surface area (Å²) in [5.41, 5.74) is 1.17. The Kier molecular flexibility index (Phi) is 7.38. The molecule has 0 saturated carbocycles. The zero-order chi connectivity index (χ0) is 13.2. The molecule has 0 amide bonds. The smallest absolute Gasteiger partial charge is 0.225 e. The maximum atomic E-state index is 4.68. The third-order valence-electron chi connectivity index (χ3n) is 3.05. The zero-order valence-electron chi connectivity index (χ0n) is 12.2. The summed E-state index contributed by atoms with van der Waals surface area (Å²) < 4.78 is 0. The molecule has 0 radical (unpaired) electrons. The molecule has 1 heterocycles. The Bertz CT molecular complexity index is 317. The molecule has 18 heavy (non-hydrogen) atoms. The third kappa shape index (κ3) is 5.03. The number of hydrogen-bond donors (Lipinski definition) is 0. The molecule has 3 heteroatoms. The summed E-state index contributed by atoms with van der Waals surface area (Å²) in [4.78, 5) is 11.5. The lowest BCUT2D eigenvalue weighted by atomic mass is 10.2. The number of anilines is 1. The van der Waals surface area contributed by atoms with Crippen LogP contribution in [0, 0.1) is 0 Å². The summed E-state index contributed by atoms with van der Waals surface area (Å²) in [6.45, 7) is 8.80. The number of aromatic nitrogens is 2. The quantitative estimate of drug-likeness (QED) is 0.666. The van der Waals surface area contributed by atoms with Gasteiger partial charge in [-0.1, -0.05) is 40.0 Å². The Morgan fingerprint density at radius 1 is 1.00 bits per heavy atom. The van der Waals surface area contributed by atoms with Crippen LogP contribution in [0.25, 0.3) is 0 Å². The highest BCUT2D eigenvalue weighted by atomic mass is 15.2. The zero-order valence-corrected chi connectivity index (χ0v) is 12.2. The van der Waals surface area contributed by atoms with E-state index in [4.69, 9.17) is 0 Å². The van der Waals surface area contributed by atoms with Crippen molar-refractivity contribution in [3.05, 3.63) is 18.0 Å². The van der Waals surface area contributed by atoms with Gasteiger partial charge in [-0.25, -0.2) is 9.97 Å². The molecule has 0 aliphatic heterocycles. The van der Waals surface area contributed by atoms with Crippen LogP contribution in [-0.4, -0.2) is 23.1 Å². The van der Waals surface area contributed by atoms with Crippen LogP contribution in [0.15, 0.2) is 12.3 Å². The monoisotopic (exact) mass is 249 g/mol. The number of rotatable bonds is 9. The summed E-state index contributed by atoms with van der Waals surface area (Å²) in [6.07, 6.45) is 8.95. The van der Waals surface area contributed by atoms with Crippen LogP contribution in [0.1, 0.15) is 58.6 Å². The van der Waals surface area contributed by atoms with Crippen molar-refractivity contribution in [1.82, 2.24) is 9.97 Å². The molecular weight excluding hydrogens is 222 g/mol. The van der Waals surface area contributed by atoms with Crippen LogP contribution < -0.4 is 4.90 Å². The van der Waals surface area contributed by atoms with E-state index in [1.807, 2.05) is 12.3 Å². The van der Waals surface area contributed by atoms with Gasteiger partial charge in [0.05, 0.1) is 0 Å². The second-order valence-corrected chi connectivity index (χ2v) is 4.79. The molecule has 1 rings (SSSR count). The van der Waals surface area contributed by atoms with E-state index < -0.39 is 0 Å². The van der Waals surface area contributed by atoms with Crippen LogP contribution in [0.5, 0.6) is 0 Å². The molecule has 1 aromatic heterocycles. The average Bonchev–Trinajstić information content (AvgIpc) is 2.40. The van der Waals surface area contributed by atoms with E-state index in [-0.39, 0.29) is 0 Å². The van der Waals surface area contributed by atoms with Crippen LogP contribution >= 0.6 is 0 Å². The number of aryl methyl sites for hydroxylation is 1.